The lowest BCUT2D eigenvalue weighted by atomic mass is 10.00. The molecule has 1 aliphatic heterocycles. The maximum atomic E-state index is 13.2. The molecule has 6 nitrogen and oxygen atoms in total. The van der Waals surface area contributed by atoms with E-state index in [1.165, 1.54) is 7.11 Å². The number of hydrogen-bond acceptors (Lipinski definition) is 5. The third-order valence-corrected chi connectivity index (χ3v) is 4.40. The van der Waals surface area contributed by atoms with E-state index >= 15 is 0 Å². The van der Waals surface area contributed by atoms with Crippen molar-refractivity contribution in [3.8, 4) is 22.8 Å². The van der Waals surface area contributed by atoms with Gasteiger partial charge in [-0.25, -0.2) is 0 Å². The Morgan fingerprint density at radius 3 is 2.78 bits per heavy atom. The number of methoxy groups -OCH3 is 1. The predicted molar refractivity (Wildman–Crippen MR) is 90.8 cm³/mol. The highest BCUT2D eigenvalue weighted by Crippen LogP contribution is 2.41. The highest BCUT2D eigenvalue weighted by Gasteiger charge is 2.32. The van der Waals surface area contributed by atoms with Gasteiger partial charge in [-0.05, 0) is 30.7 Å². The van der Waals surface area contributed by atoms with E-state index in [1.807, 2.05) is 0 Å². The molecule has 0 amide bonds. The maximum absolute atomic E-state index is 13.2. The Kier molecular flexibility index (Phi) is 4.18. The molecule has 0 fully saturated rings. The number of hydrogen-bond donors (Lipinski definition) is 1. The van der Waals surface area contributed by atoms with Gasteiger partial charge in [0.05, 0.1) is 28.9 Å². The Bertz CT molecular complexity index is 1010. The molecule has 142 valence electrons. The Balaban J connectivity index is 1.88. The van der Waals surface area contributed by atoms with Gasteiger partial charge in [-0.15, -0.1) is 10.2 Å². The predicted octanol–water partition coefficient (Wildman–Crippen LogP) is 3.87. The van der Waals surface area contributed by atoms with Crippen molar-refractivity contribution in [3.63, 3.8) is 0 Å². The van der Waals surface area contributed by atoms with Gasteiger partial charge in [0.25, 0.3) is 0 Å². The number of nitrogens with zero attached hydrogens (tertiary/aromatic N) is 2. The Hall–Kier alpha value is -2.81. The number of ether oxygens (including phenoxy) is 3. The number of fused-ring (bicyclic) bond motifs is 3. The first-order valence-electron chi connectivity index (χ1n) is 8.23. The molecular weight excluding hydrogens is 363 g/mol. The Labute approximate surface area is 152 Å². The molecule has 1 aliphatic rings. The molecule has 0 atom stereocenters. The summed E-state index contributed by atoms with van der Waals surface area (Å²) in [5.74, 6) is 0.746. The molecule has 1 N–H and O–H groups in total. The number of aromatic amines is 1. The average Bonchev–Trinajstić information content (AvgIpc) is 3.19. The van der Waals surface area contributed by atoms with Crippen molar-refractivity contribution in [2.75, 3.05) is 20.5 Å². The fourth-order valence-electron chi connectivity index (χ4n) is 3.22. The third kappa shape index (κ3) is 3.08. The minimum absolute atomic E-state index is 0.0333. The zero-order valence-corrected chi connectivity index (χ0v) is 14.6. The second-order valence-electron chi connectivity index (χ2n) is 6.24. The van der Waals surface area contributed by atoms with Gasteiger partial charge >= 0.3 is 6.18 Å². The van der Waals surface area contributed by atoms with E-state index in [0.29, 0.717) is 34.8 Å². The molecular formula is C18H16F3N3O3. The molecule has 0 radical (unpaired) electrons. The molecule has 0 aliphatic carbocycles. The maximum Gasteiger partial charge on any atom is 0.416 e. The molecule has 4 rings (SSSR count). The zero-order valence-electron chi connectivity index (χ0n) is 14.6. The summed E-state index contributed by atoms with van der Waals surface area (Å²) in [4.78, 5) is 3.15. The summed E-state index contributed by atoms with van der Waals surface area (Å²) in [6, 6.07) is 3.77. The lowest BCUT2D eigenvalue weighted by molar-refractivity contribution is -0.137. The van der Waals surface area contributed by atoms with Crippen LogP contribution in [-0.4, -0.2) is 35.7 Å². The van der Waals surface area contributed by atoms with Crippen LogP contribution in [0.4, 0.5) is 13.2 Å². The van der Waals surface area contributed by atoms with Crippen LogP contribution in [0.15, 0.2) is 18.2 Å². The molecule has 0 spiro atoms. The first-order chi connectivity index (χ1) is 12.9. The van der Waals surface area contributed by atoms with Crippen molar-refractivity contribution in [1.82, 2.24) is 15.2 Å². The van der Waals surface area contributed by atoms with E-state index in [2.05, 4.69) is 15.2 Å². The standard InChI is InChI=1S/C18H16F3N3O3/c1-9-5-10(18(19,20)21)6-14(27-8-25-2)15(9)13-7-11-16-12(3-4-26-16)22-17(11)24-23-13/h5-7H,3-4,8H2,1-2H3,(H,22,24). The number of alkyl halides is 3. The molecule has 0 saturated heterocycles. The van der Waals surface area contributed by atoms with Gasteiger partial charge in [-0.3, -0.25) is 0 Å². The van der Waals surface area contributed by atoms with Crippen molar-refractivity contribution >= 4 is 11.0 Å². The number of aryl methyl sites for hydroxylation is 1. The highest BCUT2D eigenvalue weighted by molar-refractivity contribution is 5.89. The van der Waals surface area contributed by atoms with Gasteiger partial charge in [-0.2, -0.15) is 13.2 Å². The summed E-state index contributed by atoms with van der Waals surface area (Å²) in [5, 5.41) is 9.07. The van der Waals surface area contributed by atoms with E-state index in [0.717, 1.165) is 29.6 Å². The molecule has 27 heavy (non-hydrogen) atoms. The number of rotatable bonds is 4. The lowest BCUT2D eigenvalue weighted by Crippen LogP contribution is -2.09. The molecule has 9 heteroatoms. The number of H-pyrrole nitrogens is 1. The van der Waals surface area contributed by atoms with Crippen LogP contribution in [0.1, 0.15) is 16.8 Å². The summed E-state index contributed by atoms with van der Waals surface area (Å²) in [7, 11) is 1.40. The van der Waals surface area contributed by atoms with Crippen molar-refractivity contribution in [2.24, 2.45) is 0 Å². The van der Waals surface area contributed by atoms with Gasteiger partial charge in [0.15, 0.2) is 12.4 Å². The van der Waals surface area contributed by atoms with Crippen LogP contribution in [-0.2, 0) is 17.3 Å². The van der Waals surface area contributed by atoms with Crippen molar-refractivity contribution in [3.05, 3.63) is 35.0 Å². The minimum atomic E-state index is -4.49. The summed E-state index contributed by atoms with van der Waals surface area (Å²) < 4.78 is 55.5. The number of aromatic nitrogens is 3. The fraction of sp³-hybridized carbons (Fsp3) is 0.333. The lowest BCUT2D eigenvalue weighted by Gasteiger charge is -2.16. The second-order valence-corrected chi connectivity index (χ2v) is 6.24. The van der Waals surface area contributed by atoms with Crippen LogP contribution in [0.5, 0.6) is 11.5 Å². The zero-order chi connectivity index (χ0) is 19.2. The monoisotopic (exact) mass is 379 g/mol. The first kappa shape index (κ1) is 17.6. The Morgan fingerprint density at radius 2 is 2.04 bits per heavy atom. The van der Waals surface area contributed by atoms with E-state index < -0.39 is 11.7 Å². The largest absolute Gasteiger partial charge is 0.491 e. The summed E-state index contributed by atoms with van der Waals surface area (Å²) in [6.45, 7) is 1.97. The average molecular weight is 379 g/mol. The summed E-state index contributed by atoms with van der Waals surface area (Å²) in [5.41, 5.74) is 1.93. The summed E-state index contributed by atoms with van der Waals surface area (Å²) in [6.07, 6.45) is -3.73. The van der Waals surface area contributed by atoms with Gasteiger partial charge in [-0.1, -0.05) is 0 Å². The second kappa shape index (κ2) is 6.41. The van der Waals surface area contributed by atoms with Crippen LogP contribution in [0, 0.1) is 6.92 Å². The quantitative estimate of drug-likeness (QED) is 0.697. The van der Waals surface area contributed by atoms with Crippen LogP contribution in [0.3, 0.4) is 0 Å². The van der Waals surface area contributed by atoms with E-state index in [-0.39, 0.29) is 12.5 Å². The third-order valence-electron chi connectivity index (χ3n) is 4.40. The van der Waals surface area contributed by atoms with Gasteiger partial charge in [0, 0.05) is 19.1 Å². The van der Waals surface area contributed by atoms with Gasteiger partial charge in [0.2, 0.25) is 0 Å². The van der Waals surface area contributed by atoms with Crippen LogP contribution in [0.2, 0.25) is 0 Å². The smallest absolute Gasteiger partial charge is 0.416 e. The molecule has 0 unspecified atom stereocenters. The topological polar surface area (TPSA) is 69.3 Å². The molecule has 3 aromatic rings. The van der Waals surface area contributed by atoms with Crippen molar-refractivity contribution in [1.29, 1.82) is 0 Å². The highest BCUT2D eigenvalue weighted by atomic mass is 19.4. The van der Waals surface area contributed by atoms with Crippen molar-refractivity contribution in [2.45, 2.75) is 19.5 Å². The molecule has 2 aromatic heterocycles. The first-order valence-corrected chi connectivity index (χ1v) is 8.23. The minimum Gasteiger partial charge on any atom is -0.491 e. The van der Waals surface area contributed by atoms with Gasteiger partial charge in [0.1, 0.15) is 11.5 Å². The van der Waals surface area contributed by atoms with Gasteiger partial charge < -0.3 is 19.2 Å². The molecule has 0 bridgehead atoms. The van der Waals surface area contributed by atoms with Crippen LogP contribution >= 0.6 is 0 Å². The molecule has 0 saturated carbocycles. The molecule has 3 heterocycles. The SMILES string of the molecule is COCOc1cc(C(F)(F)F)cc(C)c1-c1cc2c3c([nH]c2nn1)CCO3. The van der Waals surface area contributed by atoms with E-state index in [1.54, 1.807) is 13.0 Å². The normalized spacial score (nSPS) is 13.7. The number of benzene rings is 1. The van der Waals surface area contributed by atoms with Crippen LogP contribution < -0.4 is 9.47 Å². The van der Waals surface area contributed by atoms with E-state index in [9.17, 15) is 13.2 Å². The number of halogens is 3. The van der Waals surface area contributed by atoms with E-state index in [4.69, 9.17) is 14.2 Å². The fourth-order valence-corrected chi connectivity index (χ4v) is 3.22. The molecule has 1 aromatic carbocycles. The van der Waals surface area contributed by atoms with Crippen molar-refractivity contribution < 1.29 is 27.4 Å². The summed E-state index contributed by atoms with van der Waals surface area (Å²) >= 11 is 0. The Morgan fingerprint density at radius 1 is 1.22 bits per heavy atom. The van der Waals surface area contributed by atoms with Crippen LogP contribution in [0.25, 0.3) is 22.3 Å². The number of nitrogens with one attached hydrogen (secondary N) is 1.